The molecule has 0 aromatic carbocycles. The average Bonchev–Trinajstić information content (AvgIpc) is 2.82. The fourth-order valence-corrected chi connectivity index (χ4v) is 1.73. The Morgan fingerprint density at radius 3 is 2.58 bits per heavy atom. The SMILES string of the molecule is CN(C)C(=O)CNC(=O)NCc1nc(C(=O)O)cs1. The summed E-state index contributed by atoms with van der Waals surface area (Å²) in [6.45, 7) is 0.0109. The lowest BCUT2D eigenvalue weighted by Gasteiger charge is -2.11. The van der Waals surface area contributed by atoms with E-state index in [-0.39, 0.29) is 24.7 Å². The number of rotatable bonds is 5. The quantitative estimate of drug-likeness (QED) is 0.690. The van der Waals surface area contributed by atoms with E-state index in [2.05, 4.69) is 15.6 Å². The number of likely N-dealkylation sites (N-methyl/N-ethyl adjacent to an activating group) is 1. The van der Waals surface area contributed by atoms with E-state index >= 15 is 0 Å². The third kappa shape index (κ3) is 4.92. The lowest BCUT2D eigenvalue weighted by molar-refractivity contribution is -0.127. The minimum Gasteiger partial charge on any atom is -0.476 e. The van der Waals surface area contributed by atoms with Crippen LogP contribution in [0.2, 0.25) is 0 Å². The first-order valence-electron chi connectivity index (χ1n) is 5.29. The Balaban J connectivity index is 2.33. The molecule has 0 aliphatic carbocycles. The van der Waals surface area contributed by atoms with E-state index in [9.17, 15) is 14.4 Å². The highest BCUT2D eigenvalue weighted by Gasteiger charge is 2.10. The first kappa shape index (κ1) is 14.9. The summed E-state index contributed by atoms with van der Waals surface area (Å²) >= 11 is 1.14. The molecule has 104 valence electrons. The van der Waals surface area contributed by atoms with Gasteiger partial charge in [0.1, 0.15) is 5.01 Å². The summed E-state index contributed by atoms with van der Waals surface area (Å²) in [6.07, 6.45) is 0. The minimum absolute atomic E-state index is 0.0509. The maximum atomic E-state index is 11.4. The van der Waals surface area contributed by atoms with Gasteiger partial charge in [0, 0.05) is 19.5 Å². The van der Waals surface area contributed by atoms with Crippen molar-refractivity contribution in [3.8, 4) is 0 Å². The zero-order valence-corrected chi connectivity index (χ0v) is 11.3. The largest absolute Gasteiger partial charge is 0.476 e. The zero-order valence-electron chi connectivity index (χ0n) is 10.5. The first-order valence-corrected chi connectivity index (χ1v) is 6.17. The van der Waals surface area contributed by atoms with Gasteiger partial charge in [-0.15, -0.1) is 11.3 Å². The van der Waals surface area contributed by atoms with Crippen LogP contribution in [0.5, 0.6) is 0 Å². The number of urea groups is 1. The van der Waals surface area contributed by atoms with Crippen molar-refractivity contribution in [3.05, 3.63) is 16.1 Å². The topological polar surface area (TPSA) is 112 Å². The molecular formula is C10H14N4O4S. The monoisotopic (exact) mass is 286 g/mol. The van der Waals surface area contributed by atoms with Gasteiger partial charge < -0.3 is 20.6 Å². The van der Waals surface area contributed by atoms with E-state index in [1.54, 1.807) is 14.1 Å². The van der Waals surface area contributed by atoms with Crippen LogP contribution in [-0.2, 0) is 11.3 Å². The highest BCUT2D eigenvalue weighted by molar-refractivity contribution is 7.09. The second kappa shape index (κ2) is 6.69. The average molecular weight is 286 g/mol. The van der Waals surface area contributed by atoms with Crippen molar-refractivity contribution < 1.29 is 19.5 Å². The molecule has 3 N–H and O–H groups in total. The highest BCUT2D eigenvalue weighted by atomic mass is 32.1. The number of carbonyl (C=O) groups is 3. The van der Waals surface area contributed by atoms with Gasteiger partial charge >= 0.3 is 12.0 Å². The molecule has 1 heterocycles. The lowest BCUT2D eigenvalue weighted by Crippen LogP contribution is -2.41. The smallest absolute Gasteiger partial charge is 0.355 e. The summed E-state index contributed by atoms with van der Waals surface area (Å²) < 4.78 is 0. The van der Waals surface area contributed by atoms with Crippen molar-refractivity contribution in [2.75, 3.05) is 20.6 Å². The number of nitrogens with one attached hydrogen (secondary N) is 2. The molecule has 0 bridgehead atoms. The summed E-state index contributed by atoms with van der Waals surface area (Å²) in [5, 5.41) is 15.4. The van der Waals surface area contributed by atoms with Gasteiger partial charge in [-0.2, -0.15) is 0 Å². The molecule has 0 unspecified atom stereocenters. The van der Waals surface area contributed by atoms with Gasteiger partial charge in [0.25, 0.3) is 0 Å². The molecule has 1 aromatic rings. The Hall–Kier alpha value is -2.16. The number of carbonyl (C=O) groups excluding carboxylic acids is 2. The Morgan fingerprint density at radius 2 is 2.05 bits per heavy atom. The third-order valence-electron chi connectivity index (χ3n) is 2.07. The number of amides is 3. The van der Waals surface area contributed by atoms with Gasteiger partial charge in [0.05, 0.1) is 13.1 Å². The van der Waals surface area contributed by atoms with Crippen LogP contribution in [0, 0.1) is 0 Å². The molecule has 0 aliphatic heterocycles. The normalized spacial score (nSPS) is 9.79. The Labute approximate surface area is 113 Å². The van der Waals surface area contributed by atoms with E-state index in [1.807, 2.05) is 0 Å². The van der Waals surface area contributed by atoms with Gasteiger partial charge in [0.15, 0.2) is 5.69 Å². The van der Waals surface area contributed by atoms with Crippen LogP contribution >= 0.6 is 11.3 Å². The lowest BCUT2D eigenvalue weighted by atomic mass is 10.5. The van der Waals surface area contributed by atoms with E-state index in [0.717, 1.165) is 11.3 Å². The molecule has 19 heavy (non-hydrogen) atoms. The Morgan fingerprint density at radius 1 is 1.37 bits per heavy atom. The molecule has 8 nitrogen and oxygen atoms in total. The Bertz CT molecular complexity index is 486. The van der Waals surface area contributed by atoms with Crippen LogP contribution < -0.4 is 10.6 Å². The molecule has 0 saturated carbocycles. The number of thiazole rings is 1. The molecule has 1 aromatic heterocycles. The molecule has 3 amide bonds. The first-order chi connectivity index (χ1) is 8.90. The summed E-state index contributed by atoms with van der Waals surface area (Å²) in [5.41, 5.74) is -0.0509. The fourth-order valence-electron chi connectivity index (χ4n) is 1.02. The van der Waals surface area contributed by atoms with Gasteiger partial charge in [-0.05, 0) is 0 Å². The predicted octanol–water partition coefficient (Wildman–Crippen LogP) is -0.271. The molecular weight excluding hydrogens is 272 g/mol. The standard InChI is InChI=1S/C10H14N4O4S/c1-14(2)8(15)4-12-10(18)11-3-7-13-6(5-19-7)9(16)17/h5H,3-4H2,1-2H3,(H,16,17)(H2,11,12,18). The number of aromatic nitrogens is 1. The van der Waals surface area contributed by atoms with Crippen LogP contribution in [0.15, 0.2) is 5.38 Å². The highest BCUT2D eigenvalue weighted by Crippen LogP contribution is 2.08. The summed E-state index contributed by atoms with van der Waals surface area (Å²) in [4.78, 5) is 38.3. The van der Waals surface area contributed by atoms with Gasteiger partial charge in [-0.3, -0.25) is 4.79 Å². The number of carboxylic acid groups (broad SMARTS) is 1. The molecule has 0 saturated heterocycles. The second-order valence-electron chi connectivity index (χ2n) is 3.76. The summed E-state index contributed by atoms with van der Waals surface area (Å²) in [6, 6.07) is -0.512. The number of aromatic carboxylic acids is 1. The number of nitrogens with zero attached hydrogens (tertiary/aromatic N) is 2. The summed E-state index contributed by atoms with van der Waals surface area (Å²) in [5.74, 6) is -1.33. The van der Waals surface area contributed by atoms with Gasteiger partial charge in [0.2, 0.25) is 5.91 Å². The van der Waals surface area contributed by atoms with Crippen molar-refractivity contribution in [2.45, 2.75) is 6.54 Å². The zero-order chi connectivity index (χ0) is 14.4. The molecule has 0 aliphatic rings. The van der Waals surface area contributed by atoms with E-state index in [1.165, 1.54) is 10.3 Å². The maximum absolute atomic E-state index is 11.4. The van der Waals surface area contributed by atoms with Gasteiger partial charge in [-0.25, -0.2) is 14.6 Å². The van der Waals surface area contributed by atoms with Crippen molar-refractivity contribution in [3.63, 3.8) is 0 Å². The van der Waals surface area contributed by atoms with E-state index in [0.29, 0.717) is 5.01 Å². The fraction of sp³-hybridized carbons (Fsp3) is 0.400. The molecule has 0 fully saturated rings. The van der Waals surface area contributed by atoms with Gasteiger partial charge in [-0.1, -0.05) is 0 Å². The van der Waals surface area contributed by atoms with Crippen molar-refractivity contribution in [1.29, 1.82) is 0 Å². The van der Waals surface area contributed by atoms with E-state index in [4.69, 9.17) is 5.11 Å². The number of carboxylic acids is 1. The molecule has 0 radical (unpaired) electrons. The van der Waals surface area contributed by atoms with Crippen molar-refractivity contribution in [2.24, 2.45) is 0 Å². The van der Waals surface area contributed by atoms with Crippen LogP contribution in [0.3, 0.4) is 0 Å². The van der Waals surface area contributed by atoms with Crippen LogP contribution in [0.1, 0.15) is 15.5 Å². The maximum Gasteiger partial charge on any atom is 0.355 e. The number of hydrogen-bond acceptors (Lipinski definition) is 5. The summed E-state index contributed by atoms with van der Waals surface area (Å²) in [7, 11) is 3.18. The second-order valence-corrected chi connectivity index (χ2v) is 4.70. The van der Waals surface area contributed by atoms with E-state index < -0.39 is 12.0 Å². The van der Waals surface area contributed by atoms with Crippen molar-refractivity contribution >= 4 is 29.2 Å². The molecule has 0 spiro atoms. The van der Waals surface area contributed by atoms with Crippen LogP contribution in [0.25, 0.3) is 0 Å². The molecule has 1 rings (SSSR count). The predicted molar refractivity (Wildman–Crippen MR) is 68.0 cm³/mol. The van der Waals surface area contributed by atoms with Crippen molar-refractivity contribution in [1.82, 2.24) is 20.5 Å². The van der Waals surface area contributed by atoms with Crippen LogP contribution in [0.4, 0.5) is 4.79 Å². The minimum atomic E-state index is -1.11. The Kier molecular flexibility index (Phi) is 5.24. The third-order valence-corrected chi connectivity index (χ3v) is 2.92. The van der Waals surface area contributed by atoms with Crippen LogP contribution in [-0.4, -0.2) is 53.5 Å². The molecule has 9 heteroatoms. The molecule has 0 atom stereocenters. The number of hydrogen-bond donors (Lipinski definition) is 3.